The van der Waals surface area contributed by atoms with Crippen LogP contribution in [0.15, 0.2) is 12.2 Å². The Morgan fingerprint density at radius 1 is 0.857 bits per heavy atom. The van der Waals surface area contributed by atoms with Gasteiger partial charge >= 0.3 is 0 Å². The average Bonchev–Trinajstić information content (AvgIpc) is 2.15. The Morgan fingerprint density at radius 3 is 2.14 bits per heavy atom. The molecule has 0 unspecified atom stereocenters. The van der Waals surface area contributed by atoms with E-state index in [1.54, 1.807) is 0 Å². The number of allylic oxidation sites excluding steroid dienone is 2. The maximum absolute atomic E-state index is 2.32. The molecule has 0 aromatic rings. The minimum Gasteiger partial charge on any atom is -0.309 e. The minimum absolute atomic E-state index is 1.18. The molecule has 0 aliphatic rings. The van der Waals surface area contributed by atoms with E-state index < -0.39 is 0 Å². The van der Waals surface area contributed by atoms with Gasteiger partial charge in [-0.1, -0.05) is 38.3 Å². The van der Waals surface area contributed by atoms with Gasteiger partial charge in [0.1, 0.15) is 0 Å². The van der Waals surface area contributed by atoms with Crippen LogP contribution in [0.2, 0.25) is 0 Å². The van der Waals surface area contributed by atoms with Crippen molar-refractivity contribution in [2.75, 3.05) is 20.6 Å². The fourth-order valence-corrected chi connectivity index (χ4v) is 1.51. The summed E-state index contributed by atoms with van der Waals surface area (Å²) in [6.07, 6.45) is 14.0. The molecular weight excluding hydrogens is 170 g/mol. The van der Waals surface area contributed by atoms with Gasteiger partial charge in [-0.05, 0) is 46.3 Å². The molecule has 1 nitrogen and oxygen atoms in total. The lowest BCUT2D eigenvalue weighted by molar-refractivity contribution is 0.390. The van der Waals surface area contributed by atoms with E-state index in [0.717, 1.165) is 0 Å². The lowest BCUT2D eigenvalue weighted by atomic mass is 10.1. The van der Waals surface area contributed by atoms with Crippen LogP contribution in [0.5, 0.6) is 0 Å². The van der Waals surface area contributed by atoms with Gasteiger partial charge in [0, 0.05) is 0 Å². The van der Waals surface area contributed by atoms with Crippen LogP contribution in [0.1, 0.15) is 51.9 Å². The molecule has 0 saturated carbocycles. The largest absolute Gasteiger partial charge is 0.309 e. The Morgan fingerprint density at radius 2 is 1.50 bits per heavy atom. The summed E-state index contributed by atoms with van der Waals surface area (Å²) in [6, 6.07) is 0. The van der Waals surface area contributed by atoms with E-state index in [1.807, 2.05) is 0 Å². The first-order valence-corrected chi connectivity index (χ1v) is 6.07. The van der Waals surface area contributed by atoms with E-state index in [2.05, 4.69) is 38.1 Å². The van der Waals surface area contributed by atoms with E-state index in [4.69, 9.17) is 0 Å². The number of hydrogen-bond acceptors (Lipinski definition) is 1. The minimum atomic E-state index is 1.18. The van der Waals surface area contributed by atoms with Crippen LogP contribution < -0.4 is 0 Å². The summed E-state index contributed by atoms with van der Waals surface area (Å²) in [5, 5.41) is 0. The van der Waals surface area contributed by atoms with Gasteiger partial charge in [-0.2, -0.15) is 0 Å². The van der Waals surface area contributed by atoms with Crippen LogP contribution >= 0.6 is 0 Å². The number of hydrogen-bond donors (Lipinski definition) is 0. The third-order valence-corrected chi connectivity index (χ3v) is 2.38. The second-order valence-electron chi connectivity index (χ2n) is 4.24. The molecule has 0 radical (unpaired) electrons. The van der Waals surface area contributed by atoms with Gasteiger partial charge in [-0.25, -0.2) is 0 Å². The molecule has 0 bridgehead atoms. The van der Waals surface area contributed by atoms with Gasteiger partial charge in [0.15, 0.2) is 0 Å². The highest BCUT2D eigenvalue weighted by atomic mass is 15.0. The van der Waals surface area contributed by atoms with Crippen LogP contribution in [0, 0.1) is 0 Å². The molecule has 0 fully saturated rings. The predicted molar refractivity (Wildman–Crippen MR) is 65.7 cm³/mol. The first kappa shape index (κ1) is 13.7. The Kier molecular flexibility index (Phi) is 10.5. The molecule has 0 amide bonds. The first-order chi connectivity index (χ1) is 6.77. The van der Waals surface area contributed by atoms with Crippen LogP contribution in [-0.4, -0.2) is 25.5 Å². The average molecular weight is 197 g/mol. The van der Waals surface area contributed by atoms with Crippen LogP contribution in [-0.2, 0) is 0 Å². The second kappa shape index (κ2) is 10.8. The van der Waals surface area contributed by atoms with Crippen molar-refractivity contribution in [2.24, 2.45) is 0 Å². The summed E-state index contributed by atoms with van der Waals surface area (Å²) in [5.41, 5.74) is 0. The molecule has 0 aromatic carbocycles. The molecule has 0 aromatic heterocycles. The van der Waals surface area contributed by atoms with Crippen molar-refractivity contribution < 1.29 is 0 Å². The van der Waals surface area contributed by atoms with Crippen molar-refractivity contribution in [3.8, 4) is 0 Å². The Labute approximate surface area is 90.2 Å². The summed E-state index contributed by atoms with van der Waals surface area (Å²) in [6.45, 7) is 3.44. The smallest absolute Gasteiger partial charge is 0.00248 e. The maximum Gasteiger partial charge on any atom is -0.00248 e. The van der Waals surface area contributed by atoms with Crippen molar-refractivity contribution in [3.63, 3.8) is 0 Å². The lowest BCUT2D eigenvalue weighted by Gasteiger charge is -2.08. The number of rotatable bonds is 9. The highest BCUT2D eigenvalue weighted by Crippen LogP contribution is 2.06. The fraction of sp³-hybridized carbons (Fsp3) is 0.846. The Bertz CT molecular complexity index is 127. The normalized spacial score (nSPS) is 11.7. The summed E-state index contributed by atoms with van der Waals surface area (Å²) in [5.74, 6) is 0. The standard InChI is InChI=1S/C13H27N/c1-4-5-6-7-8-9-10-11-12-13-14(2)3/h5-6H,4,7-13H2,1-3H3. The third-order valence-electron chi connectivity index (χ3n) is 2.38. The molecule has 0 saturated heterocycles. The lowest BCUT2D eigenvalue weighted by Crippen LogP contribution is -2.12. The molecule has 0 heterocycles. The predicted octanol–water partition coefficient (Wildman–Crippen LogP) is 3.85. The van der Waals surface area contributed by atoms with Gasteiger partial charge in [0.05, 0.1) is 0 Å². The number of unbranched alkanes of at least 4 members (excludes halogenated alkanes) is 5. The highest BCUT2D eigenvalue weighted by Gasteiger charge is 1.91. The van der Waals surface area contributed by atoms with Gasteiger partial charge in [-0.3, -0.25) is 0 Å². The van der Waals surface area contributed by atoms with Crippen molar-refractivity contribution in [2.45, 2.75) is 51.9 Å². The molecular formula is C13H27N. The molecule has 14 heavy (non-hydrogen) atoms. The summed E-state index contributed by atoms with van der Waals surface area (Å²) in [4.78, 5) is 2.27. The van der Waals surface area contributed by atoms with E-state index in [-0.39, 0.29) is 0 Å². The van der Waals surface area contributed by atoms with Crippen LogP contribution in [0.25, 0.3) is 0 Å². The van der Waals surface area contributed by atoms with E-state index >= 15 is 0 Å². The van der Waals surface area contributed by atoms with Crippen molar-refractivity contribution in [3.05, 3.63) is 12.2 Å². The second-order valence-corrected chi connectivity index (χ2v) is 4.24. The summed E-state index contributed by atoms with van der Waals surface area (Å²) < 4.78 is 0. The van der Waals surface area contributed by atoms with Crippen molar-refractivity contribution in [1.82, 2.24) is 4.90 Å². The highest BCUT2D eigenvalue weighted by molar-refractivity contribution is 4.79. The molecule has 0 rings (SSSR count). The van der Waals surface area contributed by atoms with Crippen LogP contribution in [0.3, 0.4) is 0 Å². The summed E-state index contributed by atoms with van der Waals surface area (Å²) in [7, 11) is 4.30. The maximum atomic E-state index is 2.32. The van der Waals surface area contributed by atoms with Gasteiger partial charge < -0.3 is 4.90 Å². The van der Waals surface area contributed by atoms with Gasteiger partial charge in [0.2, 0.25) is 0 Å². The molecule has 84 valence electrons. The molecule has 0 aliphatic carbocycles. The van der Waals surface area contributed by atoms with E-state index in [9.17, 15) is 0 Å². The van der Waals surface area contributed by atoms with E-state index in [1.165, 1.54) is 51.5 Å². The van der Waals surface area contributed by atoms with Crippen molar-refractivity contribution in [1.29, 1.82) is 0 Å². The molecule has 0 aliphatic heterocycles. The molecule has 0 N–H and O–H groups in total. The van der Waals surface area contributed by atoms with Crippen LogP contribution in [0.4, 0.5) is 0 Å². The van der Waals surface area contributed by atoms with Gasteiger partial charge in [-0.15, -0.1) is 0 Å². The van der Waals surface area contributed by atoms with Crippen molar-refractivity contribution >= 4 is 0 Å². The third kappa shape index (κ3) is 11.7. The fourth-order valence-electron chi connectivity index (χ4n) is 1.51. The molecule has 0 spiro atoms. The zero-order chi connectivity index (χ0) is 10.6. The van der Waals surface area contributed by atoms with E-state index in [0.29, 0.717) is 0 Å². The Hall–Kier alpha value is -0.300. The zero-order valence-electron chi connectivity index (χ0n) is 10.3. The monoisotopic (exact) mass is 197 g/mol. The zero-order valence-corrected chi connectivity index (χ0v) is 10.3. The molecule has 0 atom stereocenters. The topological polar surface area (TPSA) is 3.24 Å². The first-order valence-electron chi connectivity index (χ1n) is 6.07. The van der Waals surface area contributed by atoms with Gasteiger partial charge in [0.25, 0.3) is 0 Å². The quantitative estimate of drug-likeness (QED) is 0.401. The SMILES string of the molecule is CCC=CCCCCCCCN(C)C. The molecule has 1 heteroatoms. The Balaban J connectivity index is 2.95. The summed E-state index contributed by atoms with van der Waals surface area (Å²) >= 11 is 0. The number of nitrogens with zero attached hydrogens (tertiary/aromatic N) is 1.